The predicted octanol–water partition coefficient (Wildman–Crippen LogP) is 2.40. The van der Waals surface area contributed by atoms with Crippen molar-refractivity contribution in [2.24, 2.45) is 5.73 Å². The molecule has 2 rings (SSSR count). The molecule has 2 aromatic heterocycles. The van der Waals surface area contributed by atoms with Crippen molar-refractivity contribution in [1.29, 1.82) is 0 Å². The Labute approximate surface area is 113 Å². The highest BCUT2D eigenvalue weighted by molar-refractivity contribution is 9.10. The van der Waals surface area contributed by atoms with E-state index in [1.54, 1.807) is 23.7 Å². The smallest absolute Gasteiger partial charge is 0.147 e. The normalized spacial score (nSPS) is 10.5. The molecule has 2 heterocycles. The topological polar surface area (TPSA) is 55.0 Å². The van der Waals surface area contributed by atoms with Crippen LogP contribution in [-0.4, -0.2) is 17.0 Å². The second-order valence-corrected chi connectivity index (χ2v) is 5.57. The lowest BCUT2D eigenvalue weighted by molar-refractivity contribution is 0.873. The molecule has 0 unspecified atom stereocenters. The summed E-state index contributed by atoms with van der Waals surface area (Å²) >= 11 is 5.17. The zero-order valence-electron chi connectivity index (χ0n) is 9.43. The van der Waals surface area contributed by atoms with Crippen molar-refractivity contribution < 1.29 is 0 Å². The van der Waals surface area contributed by atoms with Gasteiger partial charge in [0, 0.05) is 34.5 Å². The van der Waals surface area contributed by atoms with Gasteiger partial charge in [0.2, 0.25) is 0 Å². The SMILES string of the molecule is CN(Cc1cc(Br)cs1)c1cncc(CN)n1. The molecule has 0 aliphatic rings. The van der Waals surface area contributed by atoms with Crippen molar-refractivity contribution in [1.82, 2.24) is 9.97 Å². The summed E-state index contributed by atoms with van der Waals surface area (Å²) in [5, 5.41) is 2.07. The molecular formula is C11H13BrN4S. The van der Waals surface area contributed by atoms with Crippen LogP contribution >= 0.6 is 27.3 Å². The number of nitrogens with zero attached hydrogens (tertiary/aromatic N) is 3. The first-order valence-electron chi connectivity index (χ1n) is 5.14. The van der Waals surface area contributed by atoms with Gasteiger partial charge in [-0.05, 0) is 22.0 Å². The van der Waals surface area contributed by atoms with Gasteiger partial charge in [0.25, 0.3) is 0 Å². The number of halogens is 1. The van der Waals surface area contributed by atoms with Crippen LogP contribution in [0.1, 0.15) is 10.6 Å². The third-order valence-corrected chi connectivity index (χ3v) is 3.97. The Balaban J connectivity index is 2.11. The third-order valence-electron chi connectivity index (χ3n) is 2.29. The fourth-order valence-corrected chi connectivity index (χ4v) is 2.93. The third kappa shape index (κ3) is 3.24. The zero-order valence-corrected chi connectivity index (χ0v) is 11.8. The number of anilines is 1. The maximum Gasteiger partial charge on any atom is 0.147 e. The van der Waals surface area contributed by atoms with Gasteiger partial charge in [-0.25, -0.2) is 4.98 Å². The van der Waals surface area contributed by atoms with Crippen LogP contribution in [0.2, 0.25) is 0 Å². The number of thiophene rings is 1. The van der Waals surface area contributed by atoms with E-state index in [-0.39, 0.29) is 0 Å². The summed E-state index contributed by atoms with van der Waals surface area (Å²) in [4.78, 5) is 11.9. The van der Waals surface area contributed by atoms with E-state index in [0.717, 1.165) is 22.5 Å². The molecule has 0 radical (unpaired) electrons. The average molecular weight is 313 g/mol. The Kier molecular flexibility index (Phi) is 4.09. The minimum atomic E-state index is 0.416. The van der Waals surface area contributed by atoms with E-state index in [2.05, 4.69) is 42.2 Å². The molecule has 90 valence electrons. The van der Waals surface area contributed by atoms with E-state index in [0.29, 0.717) is 6.54 Å². The average Bonchev–Trinajstić information content (AvgIpc) is 2.75. The van der Waals surface area contributed by atoms with Crippen molar-refractivity contribution in [3.63, 3.8) is 0 Å². The van der Waals surface area contributed by atoms with E-state index in [9.17, 15) is 0 Å². The maximum absolute atomic E-state index is 5.55. The molecule has 2 aromatic rings. The van der Waals surface area contributed by atoms with Gasteiger partial charge in [0.1, 0.15) is 5.82 Å². The molecule has 0 amide bonds. The Morgan fingerprint density at radius 3 is 2.94 bits per heavy atom. The molecule has 0 saturated carbocycles. The molecule has 0 saturated heterocycles. The first-order chi connectivity index (χ1) is 8.19. The van der Waals surface area contributed by atoms with Crippen molar-refractivity contribution >= 4 is 33.1 Å². The summed E-state index contributed by atoms with van der Waals surface area (Å²) in [6.07, 6.45) is 3.45. The van der Waals surface area contributed by atoms with Gasteiger partial charge in [0.05, 0.1) is 18.4 Å². The molecule has 0 fully saturated rings. The highest BCUT2D eigenvalue weighted by atomic mass is 79.9. The molecule has 0 bridgehead atoms. The second kappa shape index (κ2) is 5.57. The lowest BCUT2D eigenvalue weighted by Gasteiger charge is -2.17. The Hall–Kier alpha value is -0.980. The van der Waals surface area contributed by atoms with Crippen LogP contribution in [-0.2, 0) is 13.1 Å². The monoisotopic (exact) mass is 312 g/mol. The minimum Gasteiger partial charge on any atom is -0.353 e. The summed E-state index contributed by atoms with van der Waals surface area (Å²) in [7, 11) is 2.00. The van der Waals surface area contributed by atoms with Crippen molar-refractivity contribution in [3.05, 3.63) is 38.9 Å². The molecule has 0 spiro atoms. The Bertz CT molecular complexity index is 500. The van der Waals surface area contributed by atoms with Crippen molar-refractivity contribution in [2.45, 2.75) is 13.1 Å². The summed E-state index contributed by atoms with van der Waals surface area (Å²) in [6.45, 7) is 1.23. The van der Waals surface area contributed by atoms with Crippen molar-refractivity contribution in [2.75, 3.05) is 11.9 Å². The van der Waals surface area contributed by atoms with Gasteiger partial charge >= 0.3 is 0 Å². The van der Waals surface area contributed by atoms with E-state index < -0.39 is 0 Å². The van der Waals surface area contributed by atoms with E-state index in [1.165, 1.54) is 4.88 Å². The van der Waals surface area contributed by atoms with E-state index >= 15 is 0 Å². The number of aromatic nitrogens is 2. The van der Waals surface area contributed by atoms with Crippen LogP contribution < -0.4 is 10.6 Å². The van der Waals surface area contributed by atoms with Gasteiger partial charge in [-0.3, -0.25) is 4.98 Å². The van der Waals surface area contributed by atoms with E-state index in [1.807, 2.05) is 7.05 Å². The molecule has 4 nitrogen and oxygen atoms in total. The molecule has 2 N–H and O–H groups in total. The van der Waals surface area contributed by atoms with Crippen molar-refractivity contribution in [3.8, 4) is 0 Å². The molecule has 0 atom stereocenters. The lowest BCUT2D eigenvalue weighted by atomic mass is 10.4. The summed E-state index contributed by atoms with van der Waals surface area (Å²) < 4.78 is 1.12. The summed E-state index contributed by atoms with van der Waals surface area (Å²) in [5.74, 6) is 0.845. The molecule has 17 heavy (non-hydrogen) atoms. The standard InChI is InChI=1S/C11H13BrN4S/c1-16(6-10-2-8(12)7-17-10)11-5-14-4-9(3-13)15-11/h2,4-5,7H,3,6,13H2,1H3. The van der Waals surface area contributed by atoms with E-state index in [4.69, 9.17) is 5.73 Å². The maximum atomic E-state index is 5.55. The van der Waals surface area contributed by atoms with Crippen LogP contribution in [0.4, 0.5) is 5.82 Å². The van der Waals surface area contributed by atoms with Gasteiger partial charge < -0.3 is 10.6 Å². The quantitative estimate of drug-likeness (QED) is 0.942. The van der Waals surface area contributed by atoms with Gasteiger partial charge in [-0.15, -0.1) is 11.3 Å². The molecule has 0 aliphatic heterocycles. The van der Waals surface area contributed by atoms with Gasteiger partial charge in [0.15, 0.2) is 0 Å². The Morgan fingerprint density at radius 2 is 2.29 bits per heavy atom. The number of hydrogen-bond acceptors (Lipinski definition) is 5. The van der Waals surface area contributed by atoms with Crippen LogP contribution in [0.25, 0.3) is 0 Å². The highest BCUT2D eigenvalue weighted by Crippen LogP contribution is 2.22. The van der Waals surface area contributed by atoms with Crippen LogP contribution in [0, 0.1) is 0 Å². The van der Waals surface area contributed by atoms with Gasteiger partial charge in [-0.1, -0.05) is 0 Å². The molecule has 6 heteroatoms. The lowest BCUT2D eigenvalue weighted by Crippen LogP contribution is -2.18. The van der Waals surface area contributed by atoms with Crippen LogP contribution in [0.15, 0.2) is 28.3 Å². The van der Waals surface area contributed by atoms with Crippen LogP contribution in [0.3, 0.4) is 0 Å². The zero-order chi connectivity index (χ0) is 12.3. The summed E-state index contributed by atoms with van der Waals surface area (Å²) in [5.41, 5.74) is 6.36. The summed E-state index contributed by atoms with van der Waals surface area (Å²) in [6, 6.07) is 2.11. The minimum absolute atomic E-state index is 0.416. The fourth-order valence-electron chi connectivity index (χ4n) is 1.43. The first-order valence-corrected chi connectivity index (χ1v) is 6.81. The number of rotatable bonds is 4. The first kappa shape index (κ1) is 12.5. The second-order valence-electron chi connectivity index (χ2n) is 3.66. The number of nitrogens with two attached hydrogens (primary N) is 1. The Morgan fingerprint density at radius 1 is 1.47 bits per heavy atom. The predicted molar refractivity (Wildman–Crippen MR) is 74.0 cm³/mol. The molecular weight excluding hydrogens is 300 g/mol. The highest BCUT2D eigenvalue weighted by Gasteiger charge is 2.06. The fraction of sp³-hybridized carbons (Fsp3) is 0.273. The molecule has 0 aromatic carbocycles. The molecule has 0 aliphatic carbocycles. The number of hydrogen-bond donors (Lipinski definition) is 1. The van der Waals surface area contributed by atoms with Crippen LogP contribution in [0.5, 0.6) is 0 Å². The van der Waals surface area contributed by atoms with Gasteiger partial charge in [-0.2, -0.15) is 0 Å². The largest absolute Gasteiger partial charge is 0.353 e.